The third-order valence-electron chi connectivity index (χ3n) is 3.38. The highest BCUT2D eigenvalue weighted by Gasteiger charge is 2.08. The zero-order valence-electron chi connectivity index (χ0n) is 11.7. The molecule has 0 aliphatic rings. The van der Waals surface area contributed by atoms with E-state index in [-0.39, 0.29) is 0 Å². The van der Waals surface area contributed by atoms with E-state index in [0.717, 1.165) is 30.1 Å². The quantitative estimate of drug-likeness (QED) is 0.789. The van der Waals surface area contributed by atoms with E-state index >= 15 is 0 Å². The van der Waals surface area contributed by atoms with Crippen LogP contribution in [0.4, 0.5) is 5.69 Å². The first-order valence-corrected chi connectivity index (χ1v) is 6.84. The van der Waals surface area contributed by atoms with Crippen molar-refractivity contribution in [1.29, 1.82) is 0 Å². The number of hydrogen-bond donors (Lipinski definition) is 1. The number of aromatic nitrogens is 4. The van der Waals surface area contributed by atoms with Crippen LogP contribution in [0.5, 0.6) is 0 Å². The summed E-state index contributed by atoms with van der Waals surface area (Å²) in [6.45, 7) is 6.29. The molecule has 0 radical (unpaired) electrons. The molecule has 0 saturated carbocycles. The molecule has 0 unspecified atom stereocenters. The summed E-state index contributed by atoms with van der Waals surface area (Å²) in [4.78, 5) is 18.4. The van der Waals surface area contributed by atoms with Crippen molar-refractivity contribution in [3.63, 3.8) is 0 Å². The first kappa shape index (κ1) is 12.6. The number of imidazole rings is 1. The lowest BCUT2D eigenvalue weighted by Crippen LogP contribution is -2.21. The van der Waals surface area contributed by atoms with Crippen LogP contribution in [-0.2, 0) is 0 Å². The molecule has 5 heteroatoms. The molecule has 0 atom stereocenters. The number of rotatable bonds is 4. The van der Waals surface area contributed by atoms with Crippen molar-refractivity contribution < 1.29 is 0 Å². The molecule has 1 aromatic carbocycles. The molecule has 0 amide bonds. The summed E-state index contributed by atoms with van der Waals surface area (Å²) < 4.78 is 0. The lowest BCUT2D eigenvalue weighted by atomic mass is 10.2. The van der Waals surface area contributed by atoms with Gasteiger partial charge < -0.3 is 9.88 Å². The number of aromatic amines is 1. The molecule has 0 aliphatic heterocycles. The number of hydrogen-bond acceptors (Lipinski definition) is 4. The molecule has 0 saturated heterocycles. The summed E-state index contributed by atoms with van der Waals surface area (Å²) >= 11 is 0. The van der Waals surface area contributed by atoms with Gasteiger partial charge in [-0.2, -0.15) is 0 Å². The Balaban J connectivity index is 2.03. The van der Waals surface area contributed by atoms with Crippen molar-refractivity contribution in [2.75, 3.05) is 18.0 Å². The minimum absolute atomic E-state index is 0.649. The Bertz CT molecular complexity index is 682. The lowest BCUT2D eigenvalue weighted by Gasteiger charge is -2.21. The zero-order valence-corrected chi connectivity index (χ0v) is 11.7. The van der Waals surface area contributed by atoms with Crippen LogP contribution in [0.15, 0.2) is 36.7 Å². The molecule has 102 valence electrons. The molecule has 0 aliphatic carbocycles. The average Bonchev–Trinajstić information content (AvgIpc) is 2.93. The van der Waals surface area contributed by atoms with E-state index in [1.807, 2.05) is 6.07 Å². The summed E-state index contributed by atoms with van der Waals surface area (Å²) in [5, 5.41) is 0. The Morgan fingerprint density at radius 1 is 1.10 bits per heavy atom. The Hall–Kier alpha value is -2.43. The maximum Gasteiger partial charge on any atom is 0.197 e. The fraction of sp³-hybridized carbons (Fsp3) is 0.267. The molecule has 0 bridgehead atoms. The van der Waals surface area contributed by atoms with Gasteiger partial charge in [-0.15, -0.1) is 0 Å². The molecular weight excluding hydrogens is 250 g/mol. The highest BCUT2D eigenvalue weighted by molar-refractivity contribution is 5.73. The highest BCUT2D eigenvalue weighted by atomic mass is 15.1. The Morgan fingerprint density at radius 2 is 1.90 bits per heavy atom. The van der Waals surface area contributed by atoms with Gasteiger partial charge in [-0.05, 0) is 26.0 Å². The third-order valence-corrected chi connectivity index (χ3v) is 3.38. The number of anilines is 1. The van der Waals surface area contributed by atoms with Gasteiger partial charge in [0.15, 0.2) is 11.3 Å². The van der Waals surface area contributed by atoms with Crippen molar-refractivity contribution in [2.45, 2.75) is 13.8 Å². The van der Waals surface area contributed by atoms with Crippen LogP contribution in [0.2, 0.25) is 0 Å². The fourth-order valence-corrected chi connectivity index (χ4v) is 2.32. The molecule has 0 fully saturated rings. The van der Waals surface area contributed by atoms with Crippen molar-refractivity contribution in [3.05, 3.63) is 36.7 Å². The van der Waals surface area contributed by atoms with Crippen molar-refractivity contribution >= 4 is 17.0 Å². The first-order valence-electron chi connectivity index (χ1n) is 6.84. The van der Waals surface area contributed by atoms with Crippen LogP contribution in [0.1, 0.15) is 13.8 Å². The topological polar surface area (TPSA) is 57.7 Å². The molecule has 1 N–H and O–H groups in total. The van der Waals surface area contributed by atoms with E-state index in [1.54, 1.807) is 12.4 Å². The third kappa shape index (κ3) is 2.22. The smallest absolute Gasteiger partial charge is 0.197 e. The van der Waals surface area contributed by atoms with Gasteiger partial charge in [0, 0.05) is 36.7 Å². The van der Waals surface area contributed by atoms with Crippen molar-refractivity contribution in [2.24, 2.45) is 0 Å². The minimum Gasteiger partial charge on any atom is -0.372 e. The van der Waals surface area contributed by atoms with E-state index in [4.69, 9.17) is 0 Å². The maximum absolute atomic E-state index is 4.49. The van der Waals surface area contributed by atoms with Crippen LogP contribution in [0.3, 0.4) is 0 Å². The van der Waals surface area contributed by atoms with Gasteiger partial charge in [-0.1, -0.05) is 12.1 Å². The van der Waals surface area contributed by atoms with Gasteiger partial charge in [0.1, 0.15) is 5.82 Å². The van der Waals surface area contributed by atoms with Crippen LogP contribution in [0, 0.1) is 0 Å². The normalized spacial score (nSPS) is 10.9. The van der Waals surface area contributed by atoms with E-state index in [0.29, 0.717) is 5.65 Å². The van der Waals surface area contributed by atoms with E-state index in [1.165, 1.54) is 5.69 Å². The van der Waals surface area contributed by atoms with Gasteiger partial charge in [0.25, 0.3) is 0 Å². The van der Waals surface area contributed by atoms with E-state index < -0.39 is 0 Å². The second-order valence-electron chi connectivity index (χ2n) is 4.54. The summed E-state index contributed by atoms with van der Waals surface area (Å²) in [5.74, 6) is 0.806. The second-order valence-corrected chi connectivity index (χ2v) is 4.54. The average molecular weight is 267 g/mol. The molecule has 2 aromatic heterocycles. The molecule has 20 heavy (non-hydrogen) atoms. The standard InChI is InChI=1S/C15H17N5/c1-3-20(4-2)12-7-5-6-11(10-12)13-18-14-15(19-13)17-9-8-16-14/h5-10H,3-4H2,1-2H3,(H,16,17,18,19). The fourth-order valence-electron chi connectivity index (χ4n) is 2.32. The number of H-pyrrole nitrogens is 1. The molecular formula is C15H17N5. The van der Waals surface area contributed by atoms with Crippen LogP contribution in [0.25, 0.3) is 22.7 Å². The van der Waals surface area contributed by atoms with Crippen molar-refractivity contribution in [3.8, 4) is 11.4 Å². The molecule has 5 nitrogen and oxygen atoms in total. The Kier molecular flexibility index (Phi) is 3.33. The SMILES string of the molecule is CCN(CC)c1cccc(-c2nc3nccnc3[nH]2)c1. The summed E-state index contributed by atoms with van der Waals surface area (Å²) in [5.41, 5.74) is 3.62. The minimum atomic E-state index is 0.649. The molecule has 2 heterocycles. The number of fused-ring (bicyclic) bond motifs is 1. The van der Waals surface area contributed by atoms with Crippen LogP contribution >= 0.6 is 0 Å². The second kappa shape index (κ2) is 5.28. The van der Waals surface area contributed by atoms with E-state index in [9.17, 15) is 0 Å². The summed E-state index contributed by atoms with van der Waals surface area (Å²) in [6, 6.07) is 8.36. The van der Waals surface area contributed by atoms with E-state index in [2.05, 4.69) is 56.9 Å². The molecule has 3 aromatic rings. The van der Waals surface area contributed by atoms with Crippen molar-refractivity contribution in [1.82, 2.24) is 19.9 Å². The number of nitrogens with zero attached hydrogens (tertiary/aromatic N) is 4. The van der Waals surface area contributed by atoms with Crippen LogP contribution in [-0.4, -0.2) is 33.0 Å². The first-order chi connectivity index (χ1) is 9.81. The zero-order chi connectivity index (χ0) is 13.9. The largest absolute Gasteiger partial charge is 0.372 e. The predicted molar refractivity (Wildman–Crippen MR) is 80.7 cm³/mol. The van der Waals surface area contributed by atoms with Gasteiger partial charge in [-0.3, -0.25) is 0 Å². The monoisotopic (exact) mass is 267 g/mol. The lowest BCUT2D eigenvalue weighted by molar-refractivity contribution is 0.866. The molecule has 0 spiro atoms. The number of benzene rings is 1. The maximum atomic E-state index is 4.49. The van der Waals surface area contributed by atoms with Gasteiger partial charge in [-0.25, -0.2) is 15.0 Å². The predicted octanol–water partition coefficient (Wildman–Crippen LogP) is 2.87. The molecule has 3 rings (SSSR count). The van der Waals surface area contributed by atoms with Gasteiger partial charge in [0.05, 0.1) is 0 Å². The number of nitrogens with one attached hydrogen (secondary N) is 1. The summed E-state index contributed by atoms with van der Waals surface area (Å²) in [6.07, 6.45) is 3.32. The van der Waals surface area contributed by atoms with Crippen LogP contribution < -0.4 is 4.90 Å². The van der Waals surface area contributed by atoms with Gasteiger partial charge in [0.2, 0.25) is 0 Å². The van der Waals surface area contributed by atoms with Gasteiger partial charge >= 0.3 is 0 Å². The Morgan fingerprint density at radius 3 is 2.65 bits per heavy atom. The summed E-state index contributed by atoms with van der Waals surface area (Å²) in [7, 11) is 0. The Labute approximate surface area is 117 Å². The highest BCUT2D eigenvalue weighted by Crippen LogP contribution is 2.23.